The number of rotatable bonds is 4. The summed E-state index contributed by atoms with van der Waals surface area (Å²) in [6, 6.07) is 16.4. The number of hydrogen-bond acceptors (Lipinski definition) is 5. The Balaban J connectivity index is 1.82. The van der Waals surface area contributed by atoms with Crippen molar-refractivity contribution in [3.05, 3.63) is 76.6 Å². The minimum Gasteiger partial charge on any atom is -0.324 e. The van der Waals surface area contributed by atoms with E-state index in [9.17, 15) is 4.79 Å². The molecule has 0 aliphatic carbocycles. The van der Waals surface area contributed by atoms with E-state index in [-0.39, 0.29) is 11.6 Å². The third-order valence-corrected chi connectivity index (χ3v) is 4.21. The Labute approximate surface area is 157 Å². The van der Waals surface area contributed by atoms with Gasteiger partial charge in [0.25, 0.3) is 5.91 Å². The summed E-state index contributed by atoms with van der Waals surface area (Å²) < 4.78 is 0. The second-order valence-electron chi connectivity index (χ2n) is 6.23. The van der Waals surface area contributed by atoms with Gasteiger partial charge in [0, 0.05) is 17.1 Å². The van der Waals surface area contributed by atoms with Gasteiger partial charge in [0.2, 0.25) is 5.95 Å². The van der Waals surface area contributed by atoms with Crippen molar-refractivity contribution in [1.82, 2.24) is 9.97 Å². The van der Waals surface area contributed by atoms with Gasteiger partial charge in [-0.1, -0.05) is 12.1 Å². The Kier molecular flexibility index (Phi) is 5.13. The lowest BCUT2D eigenvalue weighted by atomic mass is 10.1. The lowest BCUT2D eigenvalue weighted by Gasteiger charge is -2.11. The van der Waals surface area contributed by atoms with E-state index in [0.29, 0.717) is 17.2 Å². The van der Waals surface area contributed by atoms with Crippen molar-refractivity contribution in [2.45, 2.75) is 20.8 Å². The van der Waals surface area contributed by atoms with E-state index >= 15 is 0 Å². The molecule has 0 fully saturated rings. The summed E-state index contributed by atoms with van der Waals surface area (Å²) in [6.07, 6.45) is 0. The molecule has 2 aromatic carbocycles. The summed E-state index contributed by atoms with van der Waals surface area (Å²) >= 11 is 0. The molecule has 0 saturated heterocycles. The molecule has 3 aromatic rings. The van der Waals surface area contributed by atoms with Gasteiger partial charge in [-0.2, -0.15) is 5.26 Å². The van der Waals surface area contributed by atoms with Crippen LogP contribution in [-0.2, 0) is 0 Å². The van der Waals surface area contributed by atoms with Crippen molar-refractivity contribution in [3.8, 4) is 6.07 Å². The molecule has 1 heterocycles. The quantitative estimate of drug-likeness (QED) is 0.728. The molecule has 0 atom stereocenters. The van der Waals surface area contributed by atoms with Gasteiger partial charge in [-0.3, -0.25) is 4.79 Å². The minimum absolute atomic E-state index is 0.277. The van der Waals surface area contributed by atoms with E-state index in [4.69, 9.17) is 5.26 Å². The van der Waals surface area contributed by atoms with Crippen LogP contribution in [0.15, 0.2) is 48.5 Å². The standard InChI is InChI=1S/C21H19N5O/c1-13-5-4-6-18(15(13)3)25-20(27)19-11-14(2)23-21(26-19)24-17-9-7-16(12-22)8-10-17/h4-11H,1-3H3,(H,25,27)(H,23,24,26). The third kappa shape index (κ3) is 4.28. The van der Waals surface area contributed by atoms with Crippen LogP contribution >= 0.6 is 0 Å². The highest BCUT2D eigenvalue weighted by Crippen LogP contribution is 2.19. The van der Waals surface area contributed by atoms with Crippen LogP contribution in [0, 0.1) is 32.1 Å². The van der Waals surface area contributed by atoms with Gasteiger partial charge in [0.05, 0.1) is 11.6 Å². The molecule has 0 aliphatic heterocycles. The summed E-state index contributed by atoms with van der Waals surface area (Å²) in [7, 11) is 0. The highest BCUT2D eigenvalue weighted by molar-refractivity contribution is 6.03. The maximum atomic E-state index is 12.7. The fraction of sp³-hybridized carbons (Fsp3) is 0.143. The number of hydrogen-bond donors (Lipinski definition) is 2. The number of aryl methyl sites for hydroxylation is 2. The van der Waals surface area contributed by atoms with Crippen molar-refractivity contribution in [1.29, 1.82) is 5.26 Å². The monoisotopic (exact) mass is 357 g/mol. The minimum atomic E-state index is -0.294. The zero-order valence-corrected chi connectivity index (χ0v) is 15.4. The van der Waals surface area contributed by atoms with Crippen LogP contribution in [0.1, 0.15) is 32.9 Å². The number of carbonyl (C=O) groups excluding carboxylic acids is 1. The van der Waals surface area contributed by atoms with Crippen LogP contribution in [0.4, 0.5) is 17.3 Å². The number of nitriles is 1. The molecule has 0 saturated carbocycles. The summed E-state index contributed by atoms with van der Waals surface area (Å²) in [5, 5.41) is 14.8. The van der Waals surface area contributed by atoms with Crippen LogP contribution in [0.2, 0.25) is 0 Å². The molecule has 0 bridgehead atoms. The van der Waals surface area contributed by atoms with E-state index in [1.54, 1.807) is 37.3 Å². The molecule has 0 radical (unpaired) electrons. The van der Waals surface area contributed by atoms with E-state index in [0.717, 1.165) is 22.5 Å². The number of nitrogens with zero attached hydrogens (tertiary/aromatic N) is 3. The van der Waals surface area contributed by atoms with Gasteiger partial charge in [0.15, 0.2) is 0 Å². The van der Waals surface area contributed by atoms with Gasteiger partial charge in [-0.05, 0) is 68.3 Å². The Morgan fingerprint density at radius 1 is 1.04 bits per heavy atom. The first-order valence-electron chi connectivity index (χ1n) is 8.46. The van der Waals surface area contributed by atoms with Crippen molar-refractivity contribution in [2.75, 3.05) is 10.6 Å². The van der Waals surface area contributed by atoms with Crippen molar-refractivity contribution in [3.63, 3.8) is 0 Å². The normalized spacial score (nSPS) is 10.1. The van der Waals surface area contributed by atoms with Gasteiger partial charge >= 0.3 is 0 Å². The number of benzene rings is 2. The van der Waals surface area contributed by atoms with Gasteiger partial charge < -0.3 is 10.6 Å². The second-order valence-corrected chi connectivity index (χ2v) is 6.23. The molecule has 134 valence electrons. The first kappa shape index (κ1) is 18.1. The fourth-order valence-electron chi connectivity index (χ4n) is 2.57. The number of aromatic nitrogens is 2. The third-order valence-electron chi connectivity index (χ3n) is 4.21. The number of carbonyl (C=O) groups is 1. The molecule has 6 nitrogen and oxygen atoms in total. The topological polar surface area (TPSA) is 90.7 Å². The van der Waals surface area contributed by atoms with E-state index in [1.807, 2.05) is 32.0 Å². The molecule has 0 aliphatic rings. The van der Waals surface area contributed by atoms with Crippen LogP contribution in [0.25, 0.3) is 0 Å². The van der Waals surface area contributed by atoms with Crippen LogP contribution in [-0.4, -0.2) is 15.9 Å². The van der Waals surface area contributed by atoms with Crippen LogP contribution in [0.5, 0.6) is 0 Å². The smallest absolute Gasteiger partial charge is 0.274 e. The van der Waals surface area contributed by atoms with Crippen molar-refractivity contribution < 1.29 is 4.79 Å². The number of nitrogens with one attached hydrogen (secondary N) is 2. The SMILES string of the molecule is Cc1cc(C(=O)Nc2cccc(C)c2C)nc(Nc2ccc(C#N)cc2)n1. The Hall–Kier alpha value is -3.72. The molecule has 0 unspecified atom stereocenters. The summed E-state index contributed by atoms with van der Waals surface area (Å²) in [6.45, 7) is 5.77. The first-order valence-corrected chi connectivity index (χ1v) is 8.46. The fourth-order valence-corrected chi connectivity index (χ4v) is 2.57. The Bertz CT molecular complexity index is 1040. The Morgan fingerprint density at radius 3 is 2.48 bits per heavy atom. The lowest BCUT2D eigenvalue weighted by Crippen LogP contribution is -2.16. The molecule has 6 heteroatoms. The average Bonchev–Trinajstić information content (AvgIpc) is 2.65. The molecule has 0 spiro atoms. The van der Waals surface area contributed by atoms with Crippen LogP contribution in [0.3, 0.4) is 0 Å². The first-order chi connectivity index (χ1) is 13.0. The van der Waals surface area contributed by atoms with Crippen LogP contribution < -0.4 is 10.6 Å². The summed E-state index contributed by atoms with van der Waals surface area (Å²) in [5.74, 6) is 0.0305. The van der Waals surface area contributed by atoms with E-state index < -0.39 is 0 Å². The molecular weight excluding hydrogens is 338 g/mol. The Morgan fingerprint density at radius 2 is 1.78 bits per heavy atom. The molecule has 1 amide bonds. The van der Waals surface area contributed by atoms with Crippen molar-refractivity contribution in [2.24, 2.45) is 0 Å². The molecular formula is C21H19N5O. The predicted octanol–water partition coefficient (Wildman–Crippen LogP) is 4.27. The maximum absolute atomic E-state index is 12.7. The van der Waals surface area contributed by atoms with E-state index in [2.05, 4.69) is 26.7 Å². The zero-order valence-electron chi connectivity index (χ0n) is 15.4. The predicted molar refractivity (Wildman–Crippen MR) is 105 cm³/mol. The number of amides is 1. The highest BCUT2D eigenvalue weighted by Gasteiger charge is 2.13. The average molecular weight is 357 g/mol. The summed E-state index contributed by atoms with van der Waals surface area (Å²) in [5.41, 5.74) is 5.15. The second kappa shape index (κ2) is 7.67. The maximum Gasteiger partial charge on any atom is 0.274 e. The van der Waals surface area contributed by atoms with Crippen molar-refractivity contribution >= 4 is 23.2 Å². The molecule has 3 rings (SSSR count). The zero-order chi connectivity index (χ0) is 19.4. The van der Waals surface area contributed by atoms with E-state index in [1.165, 1.54) is 0 Å². The molecule has 27 heavy (non-hydrogen) atoms. The van der Waals surface area contributed by atoms with Gasteiger partial charge in [-0.15, -0.1) is 0 Å². The largest absolute Gasteiger partial charge is 0.324 e. The number of anilines is 3. The molecule has 1 aromatic heterocycles. The van der Waals surface area contributed by atoms with Gasteiger partial charge in [0.1, 0.15) is 5.69 Å². The molecule has 2 N–H and O–H groups in total. The summed E-state index contributed by atoms with van der Waals surface area (Å²) in [4.78, 5) is 21.3. The van der Waals surface area contributed by atoms with Gasteiger partial charge in [-0.25, -0.2) is 9.97 Å². The highest BCUT2D eigenvalue weighted by atomic mass is 16.1. The lowest BCUT2D eigenvalue weighted by molar-refractivity contribution is 0.102.